The molecule has 0 aliphatic carbocycles. The van der Waals surface area contributed by atoms with E-state index in [2.05, 4.69) is 10.4 Å². The lowest BCUT2D eigenvalue weighted by atomic mass is 10.2. The van der Waals surface area contributed by atoms with Gasteiger partial charge in [0, 0.05) is 25.2 Å². The van der Waals surface area contributed by atoms with Crippen LogP contribution >= 0.6 is 12.2 Å². The van der Waals surface area contributed by atoms with Gasteiger partial charge in [-0.1, -0.05) is 37.3 Å². The van der Waals surface area contributed by atoms with Gasteiger partial charge >= 0.3 is 0 Å². The molecule has 0 fully saturated rings. The topological polar surface area (TPSA) is 57.1 Å². The van der Waals surface area contributed by atoms with Crippen LogP contribution in [0.5, 0.6) is 11.5 Å². The summed E-state index contributed by atoms with van der Waals surface area (Å²) in [5.74, 6) is 0.763. The number of hydrazone groups is 1. The lowest BCUT2D eigenvalue weighted by Crippen LogP contribution is -2.33. The minimum atomic E-state index is 0.119. The number of thiocarbonyl (C=S) groups is 1. The van der Waals surface area contributed by atoms with Gasteiger partial charge in [-0.25, -0.2) is 5.01 Å². The van der Waals surface area contributed by atoms with Gasteiger partial charge in [-0.15, -0.1) is 0 Å². The van der Waals surface area contributed by atoms with Crippen molar-refractivity contribution in [3.63, 3.8) is 0 Å². The molecule has 0 heterocycles. The molecule has 0 aliphatic heterocycles. The maximum Gasteiger partial charge on any atom is 0.189 e. The average molecular weight is 357 g/mol. The first kappa shape index (κ1) is 18.7. The van der Waals surface area contributed by atoms with Gasteiger partial charge in [0.05, 0.1) is 12.8 Å². The third-order valence-electron chi connectivity index (χ3n) is 3.43. The maximum absolute atomic E-state index is 10.1. The van der Waals surface area contributed by atoms with Gasteiger partial charge in [0.2, 0.25) is 0 Å². The normalized spacial score (nSPS) is 10.6. The highest BCUT2D eigenvalue weighted by Crippen LogP contribution is 2.22. The molecule has 0 saturated heterocycles. The molecule has 0 atom stereocenters. The van der Waals surface area contributed by atoms with Gasteiger partial charge in [0.25, 0.3) is 0 Å². The quantitative estimate of drug-likeness (QED) is 0.451. The van der Waals surface area contributed by atoms with E-state index < -0.39 is 0 Å². The Morgan fingerprint density at radius 3 is 2.72 bits per heavy atom. The molecule has 2 N–H and O–H groups in total. The van der Waals surface area contributed by atoms with Gasteiger partial charge in [0.15, 0.2) is 5.11 Å². The van der Waals surface area contributed by atoms with E-state index in [9.17, 15) is 5.11 Å². The molecule has 25 heavy (non-hydrogen) atoms. The number of hydrogen-bond acceptors (Lipinski definition) is 4. The number of nitrogens with zero attached hydrogens (tertiary/aromatic N) is 2. The molecule has 0 bridgehead atoms. The Bertz CT molecular complexity index is 720. The Morgan fingerprint density at radius 2 is 2.04 bits per heavy atom. The first-order valence-corrected chi connectivity index (χ1v) is 8.56. The van der Waals surface area contributed by atoms with Gasteiger partial charge < -0.3 is 15.2 Å². The molecule has 5 nitrogen and oxygen atoms in total. The lowest BCUT2D eigenvalue weighted by molar-refractivity contribution is 0.315. The predicted molar refractivity (Wildman–Crippen MR) is 105 cm³/mol. The molecular formula is C19H23N3O2S. The molecule has 2 aromatic rings. The average Bonchev–Trinajstić information content (AvgIpc) is 2.64. The Labute approximate surface area is 153 Å². The van der Waals surface area contributed by atoms with Crippen molar-refractivity contribution in [1.82, 2.24) is 10.3 Å². The number of aromatic hydroxyl groups is 1. The van der Waals surface area contributed by atoms with Crippen molar-refractivity contribution in [3.05, 3.63) is 59.7 Å². The van der Waals surface area contributed by atoms with Crippen molar-refractivity contribution >= 4 is 23.5 Å². The van der Waals surface area contributed by atoms with Crippen LogP contribution in [0.4, 0.5) is 0 Å². The Hall–Kier alpha value is -2.60. The molecule has 6 heteroatoms. The van der Waals surface area contributed by atoms with Crippen LogP contribution in [0, 0.1) is 0 Å². The molecule has 0 unspecified atom stereocenters. The standard InChI is InChI=1S/C19H23N3O2S/c1-3-11-24-17-10-9-16(18(23)12-17)14-21-22(2)19(25)20-13-15-7-5-4-6-8-15/h4-10,12,14,23H,3,11,13H2,1-2H3,(H,20,25)/b21-14+. The summed E-state index contributed by atoms with van der Waals surface area (Å²) in [6, 6.07) is 15.2. The minimum absolute atomic E-state index is 0.119. The monoisotopic (exact) mass is 357 g/mol. The van der Waals surface area contributed by atoms with Crippen LogP contribution in [0.2, 0.25) is 0 Å². The maximum atomic E-state index is 10.1. The van der Waals surface area contributed by atoms with Gasteiger partial charge in [-0.05, 0) is 36.3 Å². The summed E-state index contributed by atoms with van der Waals surface area (Å²) < 4.78 is 5.48. The summed E-state index contributed by atoms with van der Waals surface area (Å²) in [6.07, 6.45) is 2.48. The molecule has 0 aliphatic rings. The molecule has 0 amide bonds. The second-order valence-corrected chi connectivity index (χ2v) is 5.87. The zero-order valence-electron chi connectivity index (χ0n) is 14.5. The molecule has 0 spiro atoms. The zero-order chi connectivity index (χ0) is 18.1. The first-order chi connectivity index (χ1) is 12.1. The van der Waals surface area contributed by atoms with Crippen LogP contribution in [0.15, 0.2) is 53.6 Å². The molecule has 0 radical (unpaired) electrons. The van der Waals surface area contributed by atoms with E-state index in [0.29, 0.717) is 29.6 Å². The van der Waals surface area contributed by atoms with Crippen molar-refractivity contribution in [1.29, 1.82) is 0 Å². The predicted octanol–water partition coefficient (Wildman–Crippen LogP) is 3.52. The van der Waals surface area contributed by atoms with E-state index in [1.165, 1.54) is 0 Å². The third-order valence-corrected chi connectivity index (χ3v) is 3.83. The van der Waals surface area contributed by atoms with Crippen molar-refractivity contribution < 1.29 is 9.84 Å². The number of phenolic OH excluding ortho intramolecular Hbond substituents is 1. The molecule has 0 saturated carbocycles. The Balaban J connectivity index is 1.90. The first-order valence-electron chi connectivity index (χ1n) is 8.15. The lowest BCUT2D eigenvalue weighted by Gasteiger charge is -2.15. The smallest absolute Gasteiger partial charge is 0.189 e. The van der Waals surface area contributed by atoms with Crippen LogP contribution in [0.1, 0.15) is 24.5 Å². The minimum Gasteiger partial charge on any atom is -0.507 e. The van der Waals surface area contributed by atoms with Crippen molar-refractivity contribution in [2.24, 2.45) is 5.10 Å². The number of hydrogen-bond donors (Lipinski definition) is 2. The van der Waals surface area contributed by atoms with Gasteiger partial charge in [-0.2, -0.15) is 5.10 Å². The van der Waals surface area contributed by atoms with E-state index in [4.69, 9.17) is 17.0 Å². The summed E-state index contributed by atoms with van der Waals surface area (Å²) in [5.41, 5.74) is 1.74. The third kappa shape index (κ3) is 6.08. The number of nitrogens with one attached hydrogen (secondary N) is 1. The highest BCUT2D eigenvalue weighted by molar-refractivity contribution is 7.80. The molecule has 132 valence electrons. The van der Waals surface area contributed by atoms with E-state index in [1.807, 2.05) is 43.3 Å². The highest BCUT2D eigenvalue weighted by atomic mass is 32.1. The number of ether oxygens (including phenoxy) is 1. The van der Waals surface area contributed by atoms with E-state index in [1.54, 1.807) is 30.4 Å². The Morgan fingerprint density at radius 1 is 1.28 bits per heavy atom. The largest absolute Gasteiger partial charge is 0.507 e. The molecule has 2 rings (SSSR count). The molecule has 2 aromatic carbocycles. The van der Waals surface area contributed by atoms with E-state index in [-0.39, 0.29) is 5.75 Å². The van der Waals surface area contributed by atoms with Crippen LogP contribution in [-0.4, -0.2) is 35.1 Å². The highest BCUT2D eigenvalue weighted by Gasteiger charge is 2.04. The summed E-state index contributed by atoms with van der Waals surface area (Å²) in [7, 11) is 1.76. The summed E-state index contributed by atoms with van der Waals surface area (Å²) in [5, 5.41) is 19.5. The van der Waals surface area contributed by atoms with Crippen LogP contribution in [0.3, 0.4) is 0 Å². The van der Waals surface area contributed by atoms with Crippen LogP contribution in [0.25, 0.3) is 0 Å². The second-order valence-electron chi connectivity index (χ2n) is 5.48. The van der Waals surface area contributed by atoms with Crippen molar-refractivity contribution in [2.75, 3.05) is 13.7 Å². The number of phenols is 1. The fourth-order valence-corrected chi connectivity index (χ4v) is 2.15. The summed E-state index contributed by atoms with van der Waals surface area (Å²) >= 11 is 5.31. The number of rotatable bonds is 7. The second kappa shape index (κ2) is 9.64. The summed E-state index contributed by atoms with van der Waals surface area (Å²) in [6.45, 7) is 3.29. The number of benzene rings is 2. The van der Waals surface area contributed by atoms with Crippen LogP contribution < -0.4 is 10.1 Å². The van der Waals surface area contributed by atoms with Gasteiger partial charge in [-0.3, -0.25) is 0 Å². The molecule has 0 aromatic heterocycles. The fourth-order valence-electron chi connectivity index (χ4n) is 2.03. The zero-order valence-corrected chi connectivity index (χ0v) is 15.3. The Kier molecular flexibility index (Phi) is 7.22. The molecular weight excluding hydrogens is 334 g/mol. The van der Waals surface area contributed by atoms with Crippen molar-refractivity contribution in [2.45, 2.75) is 19.9 Å². The van der Waals surface area contributed by atoms with E-state index in [0.717, 1.165) is 12.0 Å². The van der Waals surface area contributed by atoms with E-state index >= 15 is 0 Å². The summed E-state index contributed by atoms with van der Waals surface area (Å²) in [4.78, 5) is 0. The SMILES string of the molecule is CCCOc1ccc(/C=N/N(C)C(=S)NCc2ccccc2)c(O)c1. The van der Waals surface area contributed by atoms with Crippen molar-refractivity contribution in [3.8, 4) is 11.5 Å². The fraction of sp³-hybridized carbons (Fsp3) is 0.263. The van der Waals surface area contributed by atoms with Crippen LogP contribution in [-0.2, 0) is 6.54 Å². The van der Waals surface area contributed by atoms with Gasteiger partial charge in [0.1, 0.15) is 11.5 Å².